The van der Waals surface area contributed by atoms with Crippen LogP contribution in [0.25, 0.3) is 0 Å². The Morgan fingerprint density at radius 2 is 2.00 bits per heavy atom. The van der Waals surface area contributed by atoms with Crippen LogP contribution in [-0.4, -0.2) is 74.4 Å². The number of nitro groups is 1. The Morgan fingerprint density at radius 3 is 2.68 bits per heavy atom. The summed E-state index contributed by atoms with van der Waals surface area (Å²) >= 11 is 0. The first-order chi connectivity index (χ1) is 13.7. The van der Waals surface area contributed by atoms with Crippen LogP contribution in [0.2, 0.25) is 0 Å². The quantitative estimate of drug-likeness (QED) is 0.297. The van der Waals surface area contributed by atoms with E-state index in [0.717, 1.165) is 76.9 Å². The van der Waals surface area contributed by atoms with Crippen molar-refractivity contribution in [1.29, 1.82) is 0 Å². The number of aliphatic imine (C=N–C) groups is 1. The summed E-state index contributed by atoms with van der Waals surface area (Å²) < 4.78 is 11.0. The van der Waals surface area contributed by atoms with Gasteiger partial charge < -0.3 is 20.1 Å². The first-order valence-electron chi connectivity index (χ1n) is 9.88. The molecule has 154 valence electrons. The Hall–Kier alpha value is -2.23. The van der Waals surface area contributed by atoms with E-state index < -0.39 is 4.92 Å². The lowest BCUT2D eigenvalue weighted by Crippen LogP contribution is -2.45. The van der Waals surface area contributed by atoms with Crippen molar-refractivity contribution in [2.45, 2.75) is 25.5 Å². The number of hydrogen-bond acceptors (Lipinski definition) is 6. The van der Waals surface area contributed by atoms with Crippen molar-refractivity contribution < 1.29 is 14.4 Å². The van der Waals surface area contributed by atoms with Gasteiger partial charge in [-0.3, -0.25) is 15.0 Å². The minimum atomic E-state index is -0.394. The first-order valence-corrected chi connectivity index (χ1v) is 9.88. The van der Waals surface area contributed by atoms with E-state index in [2.05, 4.69) is 20.5 Å². The number of nitrogens with zero attached hydrogens (tertiary/aromatic N) is 3. The molecule has 0 radical (unpaired) electrons. The first kappa shape index (κ1) is 20.5. The molecule has 28 heavy (non-hydrogen) atoms. The molecule has 2 heterocycles. The lowest BCUT2D eigenvalue weighted by atomic mass is 10.2. The second kappa shape index (κ2) is 10.9. The molecular weight excluding hydrogens is 362 g/mol. The molecule has 0 spiro atoms. The van der Waals surface area contributed by atoms with Gasteiger partial charge >= 0.3 is 0 Å². The molecular formula is C19H29N5O4. The maximum atomic E-state index is 10.8. The van der Waals surface area contributed by atoms with E-state index in [1.807, 2.05) is 0 Å². The monoisotopic (exact) mass is 391 g/mol. The van der Waals surface area contributed by atoms with Crippen molar-refractivity contribution >= 4 is 11.6 Å². The number of non-ortho nitro benzene ring substituents is 1. The highest BCUT2D eigenvalue weighted by atomic mass is 16.6. The van der Waals surface area contributed by atoms with Crippen LogP contribution in [0.1, 0.15) is 18.4 Å². The summed E-state index contributed by atoms with van der Waals surface area (Å²) in [5.41, 5.74) is 1.02. The fourth-order valence-corrected chi connectivity index (χ4v) is 3.24. The van der Waals surface area contributed by atoms with Gasteiger partial charge in [-0.2, -0.15) is 0 Å². The van der Waals surface area contributed by atoms with E-state index in [1.165, 1.54) is 12.1 Å². The van der Waals surface area contributed by atoms with Crippen LogP contribution >= 0.6 is 0 Å². The minimum Gasteiger partial charge on any atom is -0.379 e. The summed E-state index contributed by atoms with van der Waals surface area (Å²) in [7, 11) is 0. The Kier molecular flexibility index (Phi) is 8.01. The molecule has 0 amide bonds. The summed E-state index contributed by atoms with van der Waals surface area (Å²) in [5, 5.41) is 17.5. The van der Waals surface area contributed by atoms with Crippen molar-refractivity contribution in [2.75, 3.05) is 52.5 Å². The van der Waals surface area contributed by atoms with Gasteiger partial charge in [-0.15, -0.1) is 0 Å². The van der Waals surface area contributed by atoms with Gasteiger partial charge in [0.25, 0.3) is 5.69 Å². The van der Waals surface area contributed by atoms with Crippen LogP contribution in [0.15, 0.2) is 29.3 Å². The van der Waals surface area contributed by atoms with Crippen LogP contribution in [0.5, 0.6) is 0 Å². The molecule has 2 N–H and O–H groups in total. The third kappa shape index (κ3) is 6.74. The van der Waals surface area contributed by atoms with Crippen LogP contribution < -0.4 is 10.6 Å². The SMILES string of the molecule is O=[N+]([O-])c1ccc(CN=C(NCCN2CCOCC2)NCC2CCCO2)cc1. The second-order valence-electron chi connectivity index (χ2n) is 6.99. The molecule has 2 saturated heterocycles. The predicted molar refractivity (Wildman–Crippen MR) is 106 cm³/mol. The van der Waals surface area contributed by atoms with Gasteiger partial charge in [-0.1, -0.05) is 12.1 Å². The standard InChI is InChI=1S/C19H29N5O4/c25-24(26)17-5-3-16(4-6-17)14-21-19(22-15-18-2-1-11-28-18)20-7-8-23-9-12-27-13-10-23/h3-6,18H,1-2,7-15H2,(H2,20,21,22). The molecule has 1 aromatic carbocycles. The molecule has 0 aromatic heterocycles. The predicted octanol–water partition coefficient (Wildman–Crippen LogP) is 1.14. The highest BCUT2D eigenvalue weighted by Gasteiger charge is 2.16. The van der Waals surface area contributed by atoms with Crippen molar-refractivity contribution in [1.82, 2.24) is 15.5 Å². The van der Waals surface area contributed by atoms with E-state index in [0.29, 0.717) is 6.54 Å². The molecule has 0 aliphatic carbocycles. The summed E-state index contributed by atoms with van der Waals surface area (Å²) in [4.78, 5) is 17.4. The normalized spacial score (nSPS) is 20.9. The van der Waals surface area contributed by atoms with Crippen molar-refractivity contribution in [2.24, 2.45) is 4.99 Å². The van der Waals surface area contributed by atoms with E-state index in [-0.39, 0.29) is 11.8 Å². The Bertz CT molecular complexity index is 640. The zero-order valence-electron chi connectivity index (χ0n) is 16.1. The number of morpholine rings is 1. The van der Waals surface area contributed by atoms with Gasteiger partial charge in [0.1, 0.15) is 0 Å². The van der Waals surface area contributed by atoms with E-state index >= 15 is 0 Å². The maximum Gasteiger partial charge on any atom is 0.269 e. The molecule has 2 aliphatic rings. The molecule has 9 heteroatoms. The van der Waals surface area contributed by atoms with Gasteiger partial charge in [0.2, 0.25) is 0 Å². The smallest absolute Gasteiger partial charge is 0.269 e. The Morgan fingerprint density at radius 1 is 1.21 bits per heavy atom. The summed E-state index contributed by atoms with van der Waals surface area (Å²) in [6.45, 7) is 7.22. The van der Waals surface area contributed by atoms with Crippen LogP contribution in [0.4, 0.5) is 5.69 Å². The summed E-state index contributed by atoms with van der Waals surface area (Å²) in [6, 6.07) is 6.51. The van der Waals surface area contributed by atoms with Crippen molar-refractivity contribution in [3.8, 4) is 0 Å². The summed E-state index contributed by atoms with van der Waals surface area (Å²) in [6.07, 6.45) is 2.40. The van der Waals surface area contributed by atoms with Crippen LogP contribution in [0, 0.1) is 10.1 Å². The zero-order valence-corrected chi connectivity index (χ0v) is 16.1. The minimum absolute atomic E-state index is 0.0908. The third-order valence-corrected chi connectivity index (χ3v) is 4.91. The summed E-state index contributed by atoms with van der Waals surface area (Å²) in [5.74, 6) is 0.738. The molecule has 2 fully saturated rings. The lowest BCUT2D eigenvalue weighted by Gasteiger charge is -2.27. The molecule has 2 aliphatic heterocycles. The molecule has 9 nitrogen and oxygen atoms in total. The fraction of sp³-hybridized carbons (Fsp3) is 0.632. The van der Waals surface area contributed by atoms with Gasteiger partial charge in [0.05, 0.1) is 30.8 Å². The average molecular weight is 391 g/mol. The lowest BCUT2D eigenvalue weighted by molar-refractivity contribution is -0.384. The largest absolute Gasteiger partial charge is 0.379 e. The highest BCUT2D eigenvalue weighted by molar-refractivity contribution is 5.79. The second-order valence-corrected chi connectivity index (χ2v) is 6.99. The van der Waals surface area contributed by atoms with Crippen molar-refractivity contribution in [3.05, 3.63) is 39.9 Å². The van der Waals surface area contributed by atoms with E-state index in [4.69, 9.17) is 9.47 Å². The highest BCUT2D eigenvalue weighted by Crippen LogP contribution is 2.13. The van der Waals surface area contributed by atoms with Gasteiger partial charge in [0.15, 0.2) is 5.96 Å². The topological polar surface area (TPSA) is 101 Å². The molecule has 1 unspecified atom stereocenters. The number of guanidine groups is 1. The molecule has 3 rings (SSSR count). The zero-order chi connectivity index (χ0) is 19.6. The maximum absolute atomic E-state index is 10.8. The number of rotatable bonds is 8. The van der Waals surface area contributed by atoms with Gasteiger partial charge in [-0.05, 0) is 18.4 Å². The van der Waals surface area contributed by atoms with E-state index in [1.54, 1.807) is 12.1 Å². The number of ether oxygens (including phenoxy) is 2. The number of benzene rings is 1. The molecule has 0 saturated carbocycles. The van der Waals surface area contributed by atoms with Gasteiger partial charge in [-0.25, -0.2) is 4.99 Å². The van der Waals surface area contributed by atoms with E-state index in [9.17, 15) is 10.1 Å². The van der Waals surface area contributed by atoms with Crippen LogP contribution in [0.3, 0.4) is 0 Å². The van der Waals surface area contributed by atoms with Gasteiger partial charge in [0, 0.05) is 51.5 Å². The molecule has 0 bridgehead atoms. The fourth-order valence-electron chi connectivity index (χ4n) is 3.24. The molecule has 1 aromatic rings. The number of nitro benzene ring substituents is 1. The van der Waals surface area contributed by atoms with Crippen LogP contribution in [-0.2, 0) is 16.0 Å². The number of nitrogens with one attached hydrogen (secondary N) is 2. The number of hydrogen-bond donors (Lipinski definition) is 2. The molecule has 1 atom stereocenters. The average Bonchev–Trinajstić information content (AvgIpc) is 3.24. The Labute approximate surface area is 165 Å². The Balaban J connectivity index is 1.52. The van der Waals surface area contributed by atoms with Crippen molar-refractivity contribution in [3.63, 3.8) is 0 Å². The third-order valence-electron chi connectivity index (χ3n) is 4.91.